The maximum Gasteiger partial charge on any atom is 0.193 e. The predicted octanol–water partition coefficient (Wildman–Crippen LogP) is 4.27. The van der Waals surface area contributed by atoms with Crippen LogP contribution in [0.5, 0.6) is 0 Å². The molecule has 1 aromatic heterocycles. The van der Waals surface area contributed by atoms with Gasteiger partial charge >= 0.3 is 0 Å². The summed E-state index contributed by atoms with van der Waals surface area (Å²) >= 11 is 12.1. The summed E-state index contributed by atoms with van der Waals surface area (Å²) in [6.45, 7) is 0. The summed E-state index contributed by atoms with van der Waals surface area (Å²) in [6, 6.07) is 3.75. The molecule has 0 atom stereocenters. The van der Waals surface area contributed by atoms with Crippen molar-refractivity contribution in [2.45, 2.75) is 25.0 Å². The highest BCUT2D eigenvalue weighted by atomic mass is 35.5. The molecule has 0 N–H and O–H groups in total. The summed E-state index contributed by atoms with van der Waals surface area (Å²) in [5.74, 6) is 4.09. The van der Waals surface area contributed by atoms with E-state index in [4.69, 9.17) is 16.0 Å². The summed E-state index contributed by atoms with van der Waals surface area (Å²) in [5, 5.41) is 0.484. The van der Waals surface area contributed by atoms with E-state index in [1.165, 1.54) is 25.0 Å². The van der Waals surface area contributed by atoms with E-state index in [1.807, 2.05) is 17.8 Å². The predicted molar refractivity (Wildman–Crippen MR) is 70.0 cm³/mol. The lowest BCUT2D eigenvalue weighted by molar-refractivity contribution is 0.205. The van der Waals surface area contributed by atoms with E-state index in [2.05, 4.69) is 12.6 Å². The molecular weight excluding hydrogens is 248 g/mol. The van der Waals surface area contributed by atoms with Crippen LogP contribution in [-0.2, 0) is 5.75 Å². The molecule has 1 aromatic rings. The van der Waals surface area contributed by atoms with Gasteiger partial charge < -0.3 is 4.42 Å². The number of thiol groups is 1. The molecule has 0 aromatic carbocycles. The van der Waals surface area contributed by atoms with Crippen LogP contribution in [0.25, 0.3) is 0 Å². The maximum atomic E-state index is 5.71. The fourth-order valence-electron chi connectivity index (χ4n) is 1.82. The number of rotatable bonds is 5. The number of thioether (sulfide) groups is 1. The molecule has 84 valence electrons. The Hall–Kier alpha value is 0.270. The van der Waals surface area contributed by atoms with Gasteiger partial charge in [-0.3, -0.25) is 0 Å². The molecule has 0 unspecified atom stereocenters. The van der Waals surface area contributed by atoms with Gasteiger partial charge in [-0.15, -0.1) is 0 Å². The van der Waals surface area contributed by atoms with Crippen molar-refractivity contribution in [1.82, 2.24) is 0 Å². The molecule has 1 heterocycles. The van der Waals surface area contributed by atoms with E-state index in [0.29, 0.717) is 10.6 Å². The Morgan fingerprint density at radius 3 is 2.73 bits per heavy atom. The molecular formula is C11H15ClOS2. The van der Waals surface area contributed by atoms with Crippen LogP contribution in [-0.4, -0.2) is 11.5 Å². The highest BCUT2D eigenvalue weighted by molar-refractivity contribution is 7.98. The minimum atomic E-state index is 0.484. The molecule has 15 heavy (non-hydrogen) atoms. The van der Waals surface area contributed by atoms with Crippen LogP contribution in [0.4, 0.5) is 0 Å². The molecule has 0 bridgehead atoms. The van der Waals surface area contributed by atoms with Crippen LogP contribution in [0.2, 0.25) is 5.22 Å². The quantitative estimate of drug-likeness (QED) is 0.796. The zero-order valence-corrected chi connectivity index (χ0v) is 11.0. The average Bonchev–Trinajstić information content (AvgIpc) is 2.56. The molecule has 1 aliphatic rings. The fourth-order valence-corrected chi connectivity index (χ4v) is 3.85. The Bertz CT molecular complexity index is 315. The molecule has 4 heteroatoms. The SMILES string of the molecule is SCC1(CSCc2ccc(Cl)o2)CCC1. The highest BCUT2D eigenvalue weighted by Crippen LogP contribution is 2.44. The summed E-state index contributed by atoms with van der Waals surface area (Å²) in [4.78, 5) is 0. The van der Waals surface area contributed by atoms with Crippen molar-refractivity contribution in [3.63, 3.8) is 0 Å². The first-order chi connectivity index (χ1) is 7.24. The summed E-state index contributed by atoms with van der Waals surface area (Å²) < 4.78 is 5.31. The lowest BCUT2D eigenvalue weighted by atomic mass is 9.72. The Morgan fingerprint density at radius 2 is 2.27 bits per heavy atom. The molecule has 0 radical (unpaired) electrons. The Morgan fingerprint density at radius 1 is 1.47 bits per heavy atom. The van der Waals surface area contributed by atoms with E-state index < -0.39 is 0 Å². The van der Waals surface area contributed by atoms with Gasteiger partial charge in [0.1, 0.15) is 5.76 Å². The molecule has 0 saturated heterocycles. The first-order valence-electron chi connectivity index (χ1n) is 5.17. The van der Waals surface area contributed by atoms with E-state index >= 15 is 0 Å². The van der Waals surface area contributed by atoms with Gasteiger partial charge in [-0.2, -0.15) is 24.4 Å². The average molecular weight is 263 g/mol. The third-order valence-corrected chi connectivity index (χ3v) is 5.21. The van der Waals surface area contributed by atoms with Crippen LogP contribution in [0, 0.1) is 5.41 Å². The lowest BCUT2D eigenvalue weighted by Gasteiger charge is -2.40. The van der Waals surface area contributed by atoms with Crippen molar-refractivity contribution in [3.8, 4) is 0 Å². The molecule has 1 fully saturated rings. The second-order valence-electron chi connectivity index (χ2n) is 4.21. The van der Waals surface area contributed by atoms with Crippen LogP contribution < -0.4 is 0 Å². The minimum Gasteiger partial charge on any atom is -0.449 e. The van der Waals surface area contributed by atoms with Gasteiger partial charge in [0.05, 0.1) is 5.75 Å². The van der Waals surface area contributed by atoms with E-state index in [0.717, 1.165) is 17.3 Å². The molecule has 1 aliphatic carbocycles. The largest absolute Gasteiger partial charge is 0.449 e. The summed E-state index contributed by atoms with van der Waals surface area (Å²) in [6.07, 6.45) is 4.04. The van der Waals surface area contributed by atoms with Crippen molar-refractivity contribution >= 4 is 36.0 Å². The molecule has 0 amide bonds. The second-order valence-corrected chi connectivity index (χ2v) is 5.88. The number of halogens is 1. The zero-order valence-electron chi connectivity index (χ0n) is 8.54. The smallest absolute Gasteiger partial charge is 0.193 e. The van der Waals surface area contributed by atoms with Crippen molar-refractivity contribution in [2.24, 2.45) is 5.41 Å². The lowest BCUT2D eigenvalue weighted by Crippen LogP contribution is -2.33. The number of furan rings is 1. The first-order valence-corrected chi connectivity index (χ1v) is 7.33. The topological polar surface area (TPSA) is 13.1 Å². The third-order valence-electron chi connectivity index (χ3n) is 3.03. The van der Waals surface area contributed by atoms with Crippen molar-refractivity contribution < 1.29 is 4.42 Å². The molecule has 1 nitrogen and oxygen atoms in total. The second kappa shape index (κ2) is 5.07. The number of hydrogen-bond acceptors (Lipinski definition) is 3. The highest BCUT2D eigenvalue weighted by Gasteiger charge is 2.35. The van der Waals surface area contributed by atoms with Crippen LogP contribution in [0.3, 0.4) is 0 Å². The van der Waals surface area contributed by atoms with E-state index in [1.54, 1.807) is 6.07 Å². The van der Waals surface area contributed by atoms with Crippen molar-refractivity contribution in [2.75, 3.05) is 11.5 Å². The molecule has 1 saturated carbocycles. The van der Waals surface area contributed by atoms with Gasteiger partial charge in [-0.05, 0) is 47.7 Å². The Labute approximate surface area is 105 Å². The zero-order chi connectivity index (χ0) is 10.7. The van der Waals surface area contributed by atoms with E-state index in [9.17, 15) is 0 Å². The summed E-state index contributed by atoms with van der Waals surface area (Å²) in [5.41, 5.74) is 0.504. The van der Waals surface area contributed by atoms with Gasteiger partial charge in [0.25, 0.3) is 0 Å². The van der Waals surface area contributed by atoms with Crippen LogP contribution >= 0.6 is 36.0 Å². The maximum absolute atomic E-state index is 5.71. The van der Waals surface area contributed by atoms with Gasteiger partial charge in [0.2, 0.25) is 0 Å². The first kappa shape index (κ1) is 11.7. The summed E-state index contributed by atoms with van der Waals surface area (Å²) in [7, 11) is 0. The Balaban J connectivity index is 1.74. The fraction of sp³-hybridized carbons (Fsp3) is 0.636. The Kier molecular flexibility index (Phi) is 3.97. The molecule has 0 aliphatic heterocycles. The standard InChI is InChI=1S/C11H15ClOS2/c12-10-3-2-9(13-10)6-15-8-11(7-14)4-1-5-11/h2-3,14H,1,4-8H2. The van der Waals surface area contributed by atoms with Crippen LogP contribution in [0.15, 0.2) is 16.5 Å². The minimum absolute atomic E-state index is 0.484. The van der Waals surface area contributed by atoms with Gasteiger partial charge in [0, 0.05) is 5.75 Å². The van der Waals surface area contributed by atoms with Crippen molar-refractivity contribution in [1.29, 1.82) is 0 Å². The monoisotopic (exact) mass is 262 g/mol. The van der Waals surface area contributed by atoms with Gasteiger partial charge in [-0.1, -0.05) is 6.42 Å². The third kappa shape index (κ3) is 2.89. The number of hydrogen-bond donors (Lipinski definition) is 1. The molecule has 0 spiro atoms. The van der Waals surface area contributed by atoms with E-state index in [-0.39, 0.29) is 0 Å². The van der Waals surface area contributed by atoms with Gasteiger partial charge in [0.15, 0.2) is 5.22 Å². The van der Waals surface area contributed by atoms with Crippen molar-refractivity contribution in [3.05, 3.63) is 23.1 Å². The molecule has 2 rings (SSSR count). The van der Waals surface area contributed by atoms with Crippen LogP contribution in [0.1, 0.15) is 25.0 Å². The van der Waals surface area contributed by atoms with Gasteiger partial charge in [-0.25, -0.2) is 0 Å². The normalized spacial score (nSPS) is 18.8.